The average molecular weight is 561 g/mol. The van der Waals surface area contributed by atoms with Crippen LogP contribution in [-0.2, 0) is 15.1 Å². The third-order valence-electron chi connectivity index (χ3n) is 7.73. The van der Waals surface area contributed by atoms with Gasteiger partial charge in [-0.1, -0.05) is 61.5 Å². The van der Waals surface area contributed by atoms with Gasteiger partial charge < -0.3 is 18.9 Å². The van der Waals surface area contributed by atoms with E-state index in [1.54, 1.807) is 28.1 Å². The van der Waals surface area contributed by atoms with Crippen molar-refractivity contribution in [2.24, 2.45) is 5.92 Å². The first-order chi connectivity index (χ1) is 19.8. The summed E-state index contributed by atoms with van der Waals surface area (Å²) in [6, 6.07) is 25.0. The van der Waals surface area contributed by atoms with Crippen LogP contribution in [-0.4, -0.2) is 42.7 Å². The van der Waals surface area contributed by atoms with E-state index in [1.807, 2.05) is 78.9 Å². The minimum Gasteiger partial charge on any atom is -0.497 e. The van der Waals surface area contributed by atoms with Gasteiger partial charge in [0.1, 0.15) is 17.1 Å². The molecule has 2 unspecified atom stereocenters. The lowest BCUT2D eigenvalue weighted by molar-refractivity contribution is -0.0867. The summed E-state index contributed by atoms with van der Waals surface area (Å²) in [7, 11) is 3.22. The van der Waals surface area contributed by atoms with Crippen LogP contribution in [0.2, 0.25) is 0 Å². The Morgan fingerprint density at radius 2 is 1.41 bits per heavy atom. The van der Waals surface area contributed by atoms with Crippen LogP contribution in [0.3, 0.4) is 0 Å². The molecule has 1 aliphatic rings. The van der Waals surface area contributed by atoms with Crippen LogP contribution in [0.15, 0.2) is 94.6 Å². The smallest absolute Gasteiger partial charge is 0.330 e. The van der Waals surface area contributed by atoms with E-state index in [4.69, 9.17) is 18.9 Å². The van der Waals surface area contributed by atoms with Crippen LogP contribution in [0.4, 0.5) is 4.39 Å². The summed E-state index contributed by atoms with van der Waals surface area (Å²) in [5.41, 5.74) is 0.480. The summed E-state index contributed by atoms with van der Waals surface area (Å²) in [6.45, 7) is 3.30. The molecule has 1 aliphatic heterocycles. The zero-order valence-electron chi connectivity index (χ0n) is 23.4. The Balaban J connectivity index is 1.56. The number of hydrogen-bond acceptors (Lipinski definition) is 6. The maximum absolute atomic E-state index is 15.6. The van der Waals surface area contributed by atoms with Crippen molar-refractivity contribution in [1.29, 1.82) is 0 Å². The third kappa shape index (κ3) is 5.30. The Bertz CT molecular complexity index is 1540. The standard InChI is InChI=1S/C32H33FN2O6/c1-20-18-35(31(37)34-29(20)36)30-28(33)21(2)27(41-30)19-40-32(22-8-6-5-7-9-22,23-10-14-25(38-3)15-11-23)24-12-16-26(39-4)17-13-24/h5-18,21,27-28,30H,19H2,1-4H3,(H,34,36,37)/t21-,27?,28-,30?/m1/s1. The van der Waals surface area contributed by atoms with Gasteiger partial charge in [-0.05, 0) is 47.9 Å². The number of alkyl halides is 1. The highest BCUT2D eigenvalue weighted by atomic mass is 19.1. The minimum atomic E-state index is -1.50. The molecule has 0 spiro atoms. The molecule has 4 atom stereocenters. The lowest BCUT2D eigenvalue weighted by Crippen LogP contribution is -2.37. The number of halogens is 1. The van der Waals surface area contributed by atoms with Crippen LogP contribution in [0.5, 0.6) is 11.5 Å². The van der Waals surface area contributed by atoms with E-state index >= 15 is 4.39 Å². The van der Waals surface area contributed by atoms with Crippen molar-refractivity contribution in [3.05, 3.63) is 128 Å². The number of nitrogens with one attached hydrogen (secondary N) is 1. The Kier molecular flexibility index (Phi) is 8.10. The minimum absolute atomic E-state index is 0.0160. The van der Waals surface area contributed by atoms with Crippen molar-refractivity contribution < 1.29 is 23.3 Å². The molecule has 3 aromatic carbocycles. The summed E-state index contributed by atoms with van der Waals surface area (Å²) < 4.78 is 40.5. The van der Waals surface area contributed by atoms with Gasteiger partial charge in [-0.15, -0.1) is 0 Å². The molecule has 9 heteroatoms. The van der Waals surface area contributed by atoms with Gasteiger partial charge in [0.15, 0.2) is 12.4 Å². The SMILES string of the molecule is COc1ccc(C(OCC2OC(n3cc(C)c(=O)[nH]c3=O)[C@H](F)[C@@H]2C)(c2ccccc2)c2ccc(OC)cc2)cc1. The number of aryl methyl sites for hydroxylation is 1. The molecule has 1 saturated heterocycles. The molecule has 41 heavy (non-hydrogen) atoms. The van der Waals surface area contributed by atoms with Gasteiger partial charge in [0, 0.05) is 17.7 Å². The molecule has 0 aliphatic carbocycles. The molecule has 8 nitrogen and oxygen atoms in total. The molecule has 0 saturated carbocycles. The molecule has 1 N–H and O–H groups in total. The second-order valence-corrected chi connectivity index (χ2v) is 10.2. The van der Waals surface area contributed by atoms with Gasteiger partial charge >= 0.3 is 5.69 Å². The first-order valence-electron chi connectivity index (χ1n) is 13.4. The number of benzene rings is 3. The van der Waals surface area contributed by atoms with Gasteiger partial charge in [0.25, 0.3) is 5.56 Å². The van der Waals surface area contributed by atoms with E-state index in [0.717, 1.165) is 21.3 Å². The van der Waals surface area contributed by atoms with E-state index in [2.05, 4.69) is 4.98 Å². The van der Waals surface area contributed by atoms with Gasteiger partial charge in [-0.25, -0.2) is 9.18 Å². The maximum atomic E-state index is 15.6. The highest BCUT2D eigenvalue weighted by Crippen LogP contribution is 2.43. The molecule has 5 rings (SSSR count). The Morgan fingerprint density at radius 1 is 0.878 bits per heavy atom. The average Bonchev–Trinajstić information content (AvgIpc) is 3.29. The van der Waals surface area contributed by atoms with Crippen molar-refractivity contribution in [1.82, 2.24) is 9.55 Å². The van der Waals surface area contributed by atoms with Crippen molar-refractivity contribution in [3.8, 4) is 11.5 Å². The molecule has 4 aromatic rings. The maximum Gasteiger partial charge on any atom is 0.330 e. The quantitative estimate of drug-likeness (QED) is 0.297. The topological polar surface area (TPSA) is 91.8 Å². The molecule has 1 fully saturated rings. The first-order valence-corrected chi connectivity index (χ1v) is 13.4. The summed E-state index contributed by atoms with van der Waals surface area (Å²) in [5, 5.41) is 0. The van der Waals surface area contributed by atoms with Gasteiger partial charge in [0.2, 0.25) is 0 Å². The summed E-state index contributed by atoms with van der Waals surface area (Å²) in [4.78, 5) is 26.6. The van der Waals surface area contributed by atoms with Crippen molar-refractivity contribution in [2.45, 2.75) is 38.0 Å². The zero-order chi connectivity index (χ0) is 29.1. The largest absolute Gasteiger partial charge is 0.497 e. The number of ether oxygens (including phenoxy) is 4. The fraction of sp³-hybridized carbons (Fsp3) is 0.312. The lowest BCUT2D eigenvalue weighted by atomic mass is 9.80. The van der Waals surface area contributed by atoms with Gasteiger partial charge in [0.05, 0.1) is 26.9 Å². The predicted molar refractivity (Wildman–Crippen MR) is 152 cm³/mol. The molecule has 1 aromatic heterocycles. The highest BCUT2D eigenvalue weighted by molar-refractivity contribution is 5.49. The zero-order valence-corrected chi connectivity index (χ0v) is 23.4. The monoisotopic (exact) mass is 560 g/mol. The van der Waals surface area contributed by atoms with Gasteiger partial charge in [-0.2, -0.15) is 0 Å². The van der Waals surface area contributed by atoms with Crippen LogP contribution < -0.4 is 20.7 Å². The van der Waals surface area contributed by atoms with Crippen molar-refractivity contribution in [2.75, 3.05) is 20.8 Å². The van der Waals surface area contributed by atoms with E-state index in [9.17, 15) is 9.59 Å². The predicted octanol–water partition coefficient (Wildman–Crippen LogP) is 4.74. The van der Waals surface area contributed by atoms with Crippen molar-refractivity contribution in [3.63, 3.8) is 0 Å². The third-order valence-corrected chi connectivity index (χ3v) is 7.73. The second-order valence-electron chi connectivity index (χ2n) is 10.2. The van der Waals surface area contributed by atoms with E-state index in [-0.39, 0.29) is 12.2 Å². The van der Waals surface area contributed by atoms with E-state index in [0.29, 0.717) is 11.5 Å². The van der Waals surface area contributed by atoms with Crippen molar-refractivity contribution >= 4 is 0 Å². The van der Waals surface area contributed by atoms with Crippen LogP contribution in [0.25, 0.3) is 0 Å². The summed E-state index contributed by atoms with van der Waals surface area (Å²) in [6.07, 6.45) is -2.06. The number of aromatic amines is 1. The molecule has 0 bridgehead atoms. The number of aromatic nitrogens is 2. The highest BCUT2D eigenvalue weighted by Gasteiger charge is 2.46. The molecular weight excluding hydrogens is 527 g/mol. The summed E-state index contributed by atoms with van der Waals surface area (Å²) >= 11 is 0. The second kappa shape index (κ2) is 11.7. The fourth-order valence-corrected chi connectivity index (χ4v) is 5.31. The van der Waals surface area contributed by atoms with Crippen LogP contribution >= 0.6 is 0 Å². The lowest BCUT2D eigenvalue weighted by Gasteiger charge is -2.37. The molecule has 2 heterocycles. The number of hydrogen-bond donors (Lipinski definition) is 1. The number of methoxy groups -OCH3 is 2. The number of H-pyrrole nitrogens is 1. The normalized spacial score (nSPS) is 20.6. The van der Waals surface area contributed by atoms with E-state index in [1.165, 1.54) is 6.20 Å². The first kappa shape index (κ1) is 28.3. The summed E-state index contributed by atoms with van der Waals surface area (Å²) in [5.74, 6) is 0.797. The fourth-order valence-electron chi connectivity index (χ4n) is 5.31. The molecule has 214 valence electrons. The number of rotatable bonds is 9. The molecule has 0 radical (unpaired) electrons. The number of nitrogens with zero attached hydrogens (tertiary/aromatic N) is 1. The Morgan fingerprint density at radius 3 is 1.95 bits per heavy atom. The van der Waals surface area contributed by atoms with Crippen LogP contribution in [0, 0.1) is 12.8 Å². The molecule has 0 amide bonds. The van der Waals surface area contributed by atoms with E-state index < -0.39 is 41.3 Å². The Labute approximate surface area is 237 Å². The Hall–Kier alpha value is -4.21. The molecular formula is C32H33FN2O6. The van der Waals surface area contributed by atoms with Gasteiger partial charge in [-0.3, -0.25) is 14.3 Å². The van der Waals surface area contributed by atoms with Crippen LogP contribution in [0.1, 0.15) is 35.4 Å².